The monoisotopic (exact) mass is 343 g/mol. The molecular formula is C13H9ClF3N5O. The first-order valence-corrected chi connectivity index (χ1v) is 6.71. The summed E-state index contributed by atoms with van der Waals surface area (Å²) in [7, 11) is 1.46. The van der Waals surface area contributed by atoms with Crippen LogP contribution < -0.4 is 4.74 Å². The van der Waals surface area contributed by atoms with Crippen LogP contribution in [0.4, 0.5) is 13.2 Å². The minimum absolute atomic E-state index is 0.0109. The third kappa shape index (κ3) is 2.91. The molecule has 23 heavy (non-hydrogen) atoms. The number of halogens is 4. The van der Waals surface area contributed by atoms with Crippen molar-refractivity contribution >= 4 is 22.8 Å². The lowest BCUT2D eigenvalue weighted by atomic mass is 10.2. The van der Waals surface area contributed by atoms with Gasteiger partial charge in [-0.1, -0.05) is 17.7 Å². The normalized spacial score (nSPS) is 11.9. The summed E-state index contributed by atoms with van der Waals surface area (Å²) >= 11 is 5.78. The van der Waals surface area contributed by atoms with Gasteiger partial charge in [-0.3, -0.25) is 0 Å². The fraction of sp³-hybridized carbons (Fsp3) is 0.231. The third-order valence-corrected chi connectivity index (χ3v) is 3.32. The summed E-state index contributed by atoms with van der Waals surface area (Å²) in [4.78, 5) is 14.8. The smallest absolute Gasteiger partial charge is 0.451 e. The van der Waals surface area contributed by atoms with Crippen LogP contribution in [0.25, 0.3) is 11.2 Å². The number of rotatable bonds is 3. The molecule has 0 aliphatic heterocycles. The number of imidazole rings is 1. The van der Waals surface area contributed by atoms with Gasteiger partial charge in [-0.15, -0.1) is 0 Å². The van der Waals surface area contributed by atoms with Crippen LogP contribution in [-0.2, 0) is 12.7 Å². The molecule has 0 fully saturated rings. The van der Waals surface area contributed by atoms with E-state index in [0.29, 0.717) is 11.4 Å². The maximum atomic E-state index is 12.8. The Bertz CT molecular complexity index is 864. The van der Waals surface area contributed by atoms with Gasteiger partial charge in [0.1, 0.15) is 5.52 Å². The highest BCUT2D eigenvalue weighted by molar-refractivity contribution is 6.33. The molecule has 3 aromatic rings. The quantitative estimate of drug-likeness (QED) is 0.684. The molecule has 0 aliphatic rings. The van der Waals surface area contributed by atoms with E-state index in [9.17, 15) is 13.2 Å². The summed E-state index contributed by atoms with van der Waals surface area (Å²) < 4.78 is 45.1. The zero-order chi connectivity index (χ0) is 16.6. The standard InChI is InChI=1S/C13H9ClF3N5O/c1-23-11-7(3-2-4-18-11)5-22-6-19-8-9(14)20-12(13(15,16)17)21-10(8)22/h2-4,6H,5H2,1H3. The second-order valence-electron chi connectivity index (χ2n) is 4.55. The Morgan fingerprint density at radius 3 is 2.74 bits per heavy atom. The molecule has 0 saturated carbocycles. The number of pyridine rings is 1. The number of nitrogens with zero attached hydrogens (tertiary/aromatic N) is 5. The van der Waals surface area contributed by atoms with Gasteiger partial charge in [0.25, 0.3) is 0 Å². The van der Waals surface area contributed by atoms with Gasteiger partial charge in [-0.25, -0.2) is 19.9 Å². The zero-order valence-corrected chi connectivity index (χ0v) is 12.4. The maximum absolute atomic E-state index is 12.8. The van der Waals surface area contributed by atoms with E-state index in [1.165, 1.54) is 18.0 Å². The molecule has 0 amide bonds. The van der Waals surface area contributed by atoms with E-state index >= 15 is 0 Å². The van der Waals surface area contributed by atoms with Crippen LogP contribution in [0.2, 0.25) is 5.15 Å². The van der Waals surface area contributed by atoms with E-state index in [0.717, 1.165) is 0 Å². The highest BCUT2D eigenvalue weighted by Gasteiger charge is 2.36. The van der Waals surface area contributed by atoms with E-state index in [-0.39, 0.29) is 22.9 Å². The number of hydrogen-bond donors (Lipinski definition) is 0. The van der Waals surface area contributed by atoms with Gasteiger partial charge in [0, 0.05) is 11.8 Å². The first kappa shape index (κ1) is 15.5. The lowest BCUT2D eigenvalue weighted by molar-refractivity contribution is -0.144. The van der Waals surface area contributed by atoms with Crippen LogP contribution in [0.5, 0.6) is 5.88 Å². The Labute approximate surface area is 132 Å². The first-order valence-electron chi connectivity index (χ1n) is 6.33. The predicted octanol–water partition coefficient (Wildman–Crippen LogP) is 2.95. The molecule has 0 aliphatic carbocycles. The Morgan fingerprint density at radius 1 is 1.26 bits per heavy atom. The third-order valence-electron chi connectivity index (χ3n) is 3.06. The number of aromatic nitrogens is 5. The molecule has 0 N–H and O–H groups in total. The second kappa shape index (κ2) is 5.65. The predicted molar refractivity (Wildman–Crippen MR) is 75.2 cm³/mol. The Balaban J connectivity index is 2.10. The Hall–Kier alpha value is -2.42. The fourth-order valence-electron chi connectivity index (χ4n) is 2.06. The number of alkyl halides is 3. The van der Waals surface area contributed by atoms with Gasteiger partial charge in [-0.05, 0) is 6.07 Å². The van der Waals surface area contributed by atoms with E-state index in [1.54, 1.807) is 18.3 Å². The molecule has 0 bridgehead atoms. The lowest BCUT2D eigenvalue weighted by Gasteiger charge is -2.09. The van der Waals surface area contributed by atoms with Gasteiger partial charge in [0.2, 0.25) is 11.7 Å². The van der Waals surface area contributed by atoms with Gasteiger partial charge < -0.3 is 9.30 Å². The molecule has 10 heteroatoms. The molecule has 0 unspecified atom stereocenters. The van der Waals surface area contributed by atoms with Gasteiger partial charge in [-0.2, -0.15) is 13.2 Å². The van der Waals surface area contributed by atoms with E-state index < -0.39 is 12.0 Å². The van der Waals surface area contributed by atoms with Crippen molar-refractivity contribution in [2.45, 2.75) is 12.7 Å². The second-order valence-corrected chi connectivity index (χ2v) is 4.91. The largest absolute Gasteiger partial charge is 0.481 e. The maximum Gasteiger partial charge on any atom is 0.451 e. The summed E-state index contributed by atoms with van der Waals surface area (Å²) in [6, 6.07) is 3.44. The average molecular weight is 344 g/mol. The first-order chi connectivity index (χ1) is 10.9. The van der Waals surface area contributed by atoms with Crippen molar-refractivity contribution in [2.24, 2.45) is 0 Å². The van der Waals surface area contributed by atoms with Crippen molar-refractivity contribution < 1.29 is 17.9 Å². The van der Waals surface area contributed by atoms with Crippen LogP contribution in [-0.4, -0.2) is 31.6 Å². The summed E-state index contributed by atoms with van der Waals surface area (Å²) in [6.07, 6.45) is -1.80. The molecule has 3 heterocycles. The highest BCUT2D eigenvalue weighted by atomic mass is 35.5. The molecule has 0 aromatic carbocycles. The number of fused-ring (bicyclic) bond motifs is 1. The lowest BCUT2D eigenvalue weighted by Crippen LogP contribution is -2.12. The minimum atomic E-state index is -4.70. The van der Waals surface area contributed by atoms with Gasteiger partial charge in [0.15, 0.2) is 10.8 Å². The fourth-order valence-corrected chi connectivity index (χ4v) is 2.28. The Morgan fingerprint density at radius 2 is 2.04 bits per heavy atom. The molecule has 0 atom stereocenters. The van der Waals surface area contributed by atoms with E-state index in [4.69, 9.17) is 16.3 Å². The molecule has 0 saturated heterocycles. The van der Waals surface area contributed by atoms with Crippen LogP contribution in [0.1, 0.15) is 11.4 Å². The molecular weight excluding hydrogens is 335 g/mol. The van der Waals surface area contributed by atoms with Crippen molar-refractivity contribution in [1.29, 1.82) is 0 Å². The minimum Gasteiger partial charge on any atom is -0.481 e. The molecule has 0 spiro atoms. The Kier molecular flexibility index (Phi) is 3.80. The molecule has 3 aromatic heterocycles. The van der Waals surface area contributed by atoms with Crippen LogP contribution in [0.3, 0.4) is 0 Å². The van der Waals surface area contributed by atoms with Crippen LogP contribution >= 0.6 is 11.6 Å². The topological polar surface area (TPSA) is 65.7 Å². The van der Waals surface area contributed by atoms with E-state index in [2.05, 4.69) is 19.9 Å². The summed E-state index contributed by atoms with van der Waals surface area (Å²) in [6.45, 7) is 0.179. The van der Waals surface area contributed by atoms with Crippen LogP contribution in [0.15, 0.2) is 24.7 Å². The number of hydrogen-bond acceptors (Lipinski definition) is 5. The number of ether oxygens (including phenoxy) is 1. The summed E-state index contributed by atoms with van der Waals surface area (Å²) in [5.74, 6) is -0.944. The van der Waals surface area contributed by atoms with Gasteiger partial charge >= 0.3 is 6.18 Å². The van der Waals surface area contributed by atoms with Crippen molar-refractivity contribution in [3.8, 4) is 5.88 Å². The molecule has 120 valence electrons. The zero-order valence-electron chi connectivity index (χ0n) is 11.7. The van der Waals surface area contributed by atoms with Gasteiger partial charge in [0.05, 0.1) is 20.0 Å². The molecule has 6 nitrogen and oxygen atoms in total. The van der Waals surface area contributed by atoms with E-state index in [1.807, 2.05) is 0 Å². The number of methoxy groups -OCH3 is 1. The summed E-state index contributed by atoms with van der Waals surface area (Å²) in [5.41, 5.74) is 0.753. The average Bonchev–Trinajstić information content (AvgIpc) is 2.91. The van der Waals surface area contributed by atoms with Crippen molar-refractivity contribution in [3.05, 3.63) is 41.2 Å². The van der Waals surface area contributed by atoms with Crippen LogP contribution in [0, 0.1) is 0 Å². The van der Waals surface area contributed by atoms with Crippen molar-refractivity contribution in [2.75, 3.05) is 7.11 Å². The van der Waals surface area contributed by atoms with Crippen molar-refractivity contribution in [3.63, 3.8) is 0 Å². The highest BCUT2D eigenvalue weighted by Crippen LogP contribution is 2.30. The SMILES string of the molecule is COc1ncccc1Cn1cnc2c(Cl)nc(C(F)(F)F)nc21. The summed E-state index contributed by atoms with van der Waals surface area (Å²) in [5, 5.41) is -0.348. The molecule has 3 rings (SSSR count). The molecule has 0 radical (unpaired) electrons. The van der Waals surface area contributed by atoms with Crippen molar-refractivity contribution in [1.82, 2.24) is 24.5 Å².